The summed E-state index contributed by atoms with van der Waals surface area (Å²) in [5, 5.41) is 3.50. The highest BCUT2D eigenvalue weighted by molar-refractivity contribution is 4.78. The van der Waals surface area contributed by atoms with Gasteiger partial charge in [0.15, 0.2) is 6.29 Å². The summed E-state index contributed by atoms with van der Waals surface area (Å²) < 4.78 is 10.7. The predicted molar refractivity (Wildman–Crippen MR) is 72.6 cm³/mol. The first-order chi connectivity index (χ1) is 8.83. The number of ether oxygens (including phenoxy) is 2. The van der Waals surface area contributed by atoms with Gasteiger partial charge in [-0.25, -0.2) is 0 Å². The molecule has 2 aliphatic heterocycles. The maximum absolute atomic E-state index is 5.37. The zero-order valence-electron chi connectivity index (χ0n) is 11.9. The number of methoxy groups -OCH3 is 2. The standard InChI is InChI=1S/C14H28N2O2/c1-17-14(18-2)13-5-8-16(9-6-13)11-12-4-3-7-15-10-12/h12-15H,3-11H2,1-2H3/t12-/m0/s1. The average Bonchev–Trinajstić information content (AvgIpc) is 2.43. The van der Waals surface area contributed by atoms with E-state index in [1.807, 2.05) is 0 Å². The Labute approximate surface area is 111 Å². The summed E-state index contributed by atoms with van der Waals surface area (Å²) in [6.07, 6.45) is 5.13. The molecule has 2 heterocycles. The molecular formula is C14H28N2O2. The van der Waals surface area contributed by atoms with E-state index in [4.69, 9.17) is 9.47 Å². The molecule has 1 atom stereocenters. The van der Waals surface area contributed by atoms with Crippen LogP contribution in [0.5, 0.6) is 0 Å². The molecule has 2 saturated heterocycles. The molecule has 0 bridgehead atoms. The number of likely N-dealkylation sites (tertiary alicyclic amines) is 1. The maximum atomic E-state index is 5.37. The van der Waals surface area contributed by atoms with Gasteiger partial charge < -0.3 is 19.7 Å². The molecule has 2 aliphatic rings. The molecule has 0 unspecified atom stereocenters. The average molecular weight is 256 g/mol. The number of hydrogen-bond acceptors (Lipinski definition) is 4. The Kier molecular flexibility index (Phi) is 5.89. The Hall–Kier alpha value is -0.160. The fraction of sp³-hybridized carbons (Fsp3) is 1.00. The minimum absolute atomic E-state index is 0.0107. The first-order valence-corrected chi connectivity index (χ1v) is 7.32. The lowest BCUT2D eigenvalue weighted by atomic mass is 9.93. The smallest absolute Gasteiger partial charge is 0.159 e. The summed E-state index contributed by atoms with van der Waals surface area (Å²) in [6.45, 7) is 6.08. The first-order valence-electron chi connectivity index (χ1n) is 7.32. The van der Waals surface area contributed by atoms with Crippen LogP contribution in [0.2, 0.25) is 0 Å². The highest BCUT2D eigenvalue weighted by Crippen LogP contribution is 2.24. The van der Waals surface area contributed by atoms with Gasteiger partial charge in [-0.05, 0) is 57.8 Å². The van der Waals surface area contributed by atoms with Crippen LogP contribution in [-0.4, -0.2) is 58.1 Å². The summed E-state index contributed by atoms with van der Waals surface area (Å²) >= 11 is 0. The van der Waals surface area contributed by atoms with Crippen molar-refractivity contribution in [2.45, 2.75) is 32.0 Å². The second kappa shape index (κ2) is 7.43. The Morgan fingerprint density at radius 3 is 2.44 bits per heavy atom. The molecule has 1 N–H and O–H groups in total. The van der Waals surface area contributed by atoms with Crippen LogP contribution >= 0.6 is 0 Å². The molecule has 0 saturated carbocycles. The summed E-state index contributed by atoms with van der Waals surface area (Å²) in [4.78, 5) is 2.62. The summed E-state index contributed by atoms with van der Waals surface area (Å²) in [5.41, 5.74) is 0. The molecule has 2 rings (SSSR count). The van der Waals surface area contributed by atoms with E-state index >= 15 is 0 Å². The van der Waals surface area contributed by atoms with Crippen molar-refractivity contribution in [3.05, 3.63) is 0 Å². The van der Waals surface area contributed by atoms with E-state index < -0.39 is 0 Å². The molecule has 0 amide bonds. The molecule has 18 heavy (non-hydrogen) atoms. The molecule has 4 heteroatoms. The van der Waals surface area contributed by atoms with Crippen LogP contribution in [0.3, 0.4) is 0 Å². The van der Waals surface area contributed by atoms with Crippen molar-refractivity contribution in [2.75, 3.05) is 46.9 Å². The number of nitrogens with zero attached hydrogens (tertiary/aromatic N) is 1. The van der Waals surface area contributed by atoms with Gasteiger partial charge in [0.25, 0.3) is 0 Å². The summed E-state index contributed by atoms with van der Waals surface area (Å²) in [6, 6.07) is 0. The van der Waals surface area contributed by atoms with Gasteiger partial charge in [0.05, 0.1) is 0 Å². The van der Waals surface area contributed by atoms with Gasteiger partial charge in [-0.2, -0.15) is 0 Å². The summed E-state index contributed by atoms with van der Waals surface area (Å²) in [7, 11) is 3.49. The van der Waals surface area contributed by atoms with Gasteiger partial charge in [-0.15, -0.1) is 0 Å². The van der Waals surface area contributed by atoms with E-state index in [1.54, 1.807) is 14.2 Å². The van der Waals surface area contributed by atoms with Crippen LogP contribution in [0.15, 0.2) is 0 Å². The third-order valence-corrected chi connectivity index (χ3v) is 4.40. The largest absolute Gasteiger partial charge is 0.356 e. The zero-order valence-corrected chi connectivity index (χ0v) is 11.9. The van der Waals surface area contributed by atoms with E-state index in [2.05, 4.69) is 10.2 Å². The lowest BCUT2D eigenvalue weighted by Gasteiger charge is -2.37. The van der Waals surface area contributed by atoms with Crippen LogP contribution in [0.25, 0.3) is 0 Å². The van der Waals surface area contributed by atoms with Gasteiger partial charge >= 0.3 is 0 Å². The highest BCUT2D eigenvalue weighted by Gasteiger charge is 2.27. The van der Waals surface area contributed by atoms with Gasteiger partial charge in [0, 0.05) is 26.7 Å². The Morgan fingerprint density at radius 2 is 1.89 bits per heavy atom. The molecule has 0 aromatic rings. The lowest BCUT2D eigenvalue weighted by Crippen LogP contribution is -2.43. The highest BCUT2D eigenvalue weighted by atomic mass is 16.7. The number of rotatable bonds is 5. The minimum atomic E-state index is -0.0107. The van der Waals surface area contributed by atoms with Gasteiger partial charge in [-0.1, -0.05) is 0 Å². The van der Waals surface area contributed by atoms with Crippen LogP contribution in [0.1, 0.15) is 25.7 Å². The maximum Gasteiger partial charge on any atom is 0.159 e. The predicted octanol–water partition coefficient (Wildman–Crippen LogP) is 1.32. The van der Waals surface area contributed by atoms with Crippen molar-refractivity contribution < 1.29 is 9.47 Å². The van der Waals surface area contributed by atoms with Crippen molar-refractivity contribution in [3.63, 3.8) is 0 Å². The normalized spacial score (nSPS) is 27.8. The van der Waals surface area contributed by atoms with Crippen LogP contribution in [0.4, 0.5) is 0 Å². The third-order valence-electron chi connectivity index (χ3n) is 4.40. The molecule has 0 aromatic heterocycles. The van der Waals surface area contributed by atoms with Gasteiger partial charge in [-0.3, -0.25) is 0 Å². The van der Waals surface area contributed by atoms with E-state index in [0.717, 1.165) is 5.92 Å². The lowest BCUT2D eigenvalue weighted by molar-refractivity contribution is -0.147. The fourth-order valence-electron chi connectivity index (χ4n) is 3.33. The molecule has 0 spiro atoms. The number of nitrogens with one attached hydrogen (secondary N) is 1. The first kappa shape index (κ1) is 14.3. The molecule has 0 radical (unpaired) electrons. The van der Waals surface area contributed by atoms with Crippen molar-refractivity contribution in [1.29, 1.82) is 0 Å². The van der Waals surface area contributed by atoms with Gasteiger partial charge in [0.1, 0.15) is 0 Å². The quantitative estimate of drug-likeness (QED) is 0.752. The van der Waals surface area contributed by atoms with Crippen LogP contribution < -0.4 is 5.32 Å². The number of hydrogen-bond donors (Lipinski definition) is 1. The van der Waals surface area contributed by atoms with Crippen molar-refractivity contribution >= 4 is 0 Å². The van der Waals surface area contributed by atoms with E-state index in [9.17, 15) is 0 Å². The van der Waals surface area contributed by atoms with Crippen LogP contribution in [-0.2, 0) is 9.47 Å². The van der Waals surface area contributed by atoms with Gasteiger partial charge in [0.2, 0.25) is 0 Å². The molecule has 0 aliphatic carbocycles. The SMILES string of the molecule is COC(OC)C1CCN(C[C@H]2CCCNC2)CC1. The van der Waals surface area contributed by atoms with E-state index in [1.165, 1.54) is 58.4 Å². The molecular weight excluding hydrogens is 228 g/mol. The summed E-state index contributed by atoms with van der Waals surface area (Å²) in [5.74, 6) is 1.43. The number of piperidine rings is 2. The van der Waals surface area contributed by atoms with Crippen molar-refractivity contribution in [2.24, 2.45) is 11.8 Å². The van der Waals surface area contributed by atoms with Crippen molar-refractivity contribution in [3.8, 4) is 0 Å². The Bertz CT molecular complexity index is 220. The van der Waals surface area contributed by atoms with E-state index in [0.29, 0.717) is 5.92 Å². The zero-order chi connectivity index (χ0) is 12.8. The Morgan fingerprint density at radius 1 is 1.17 bits per heavy atom. The molecule has 106 valence electrons. The third kappa shape index (κ3) is 3.92. The van der Waals surface area contributed by atoms with Crippen LogP contribution in [0, 0.1) is 11.8 Å². The molecule has 4 nitrogen and oxygen atoms in total. The Balaban J connectivity index is 1.69. The molecule has 0 aromatic carbocycles. The second-order valence-electron chi connectivity index (χ2n) is 5.69. The van der Waals surface area contributed by atoms with E-state index in [-0.39, 0.29) is 6.29 Å². The second-order valence-corrected chi connectivity index (χ2v) is 5.69. The monoisotopic (exact) mass is 256 g/mol. The topological polar surface area (TPSA) is 33.7 Å². The minimum Gasteiger partial charge on any atom is -0.356 e. The fourth-order valence-corrected chi connectivity index (χ4v) is 3.33. The van der Waals surface area contributed by atoms with Crippen molar-refractivity contribution in [1.82, 2.24) is 10.2 Å². The molecule has 2 fully saturated rings.